The highest BCUT2D eigenvalue weighted by atomic mass is 16.5. The molecule has 0 unspecified atom stereocenters. The van der Waals surface area contributed by atoms with Crippen LogP contribution in [-0.4, -0.2) is 70.2 Å². The minimum absolute atomic E-state index is 0.0334. The molecule has 1 fully saturated rings. The van der Waals surface area contributed by atoms with E-state index in [1.54, 1.807) is 24.2 Å². The average Bonchev–Trinajstić information content (AvgIpc) is 3.27. The van der Waals surface area contributed by atoms with Crippen molar-refractivity contribution in [2.45, 2.75) is 6.54 Å². The fourth-order valence-electron chi connectivity index (χ4n) is 3.40. The third-order valence-electron chi connectivity index (χ3n) is 5.01. The molecule has 1 saturated heterocycles. The molecule has 0 spiro atoms. The summed E-state index contributed by atoms with van der Waals surface area (Å²) in [6.45, 7) is 3.63. The smallest absolute Gasteiger partial charge is 0.272 e. The first-order valence-corrected chi connectivity index (χ1v) is 9.18. The number of benzene rings is 1. The molecule has 1 aromatic carbocycles. The van der Waals surface area contributed by atoms with Gasteiger partial charge in [0.2, 0.25) is 0 Å². The molecule has 1 N–H and O–H groups in total. The van der Waals surface area contributed by atoms with Crippen molar-refractivity contribution in [2.24, 2.45) is 0 Å². The summed E-state index contributed by atoms with van der Waals surface area (Å²) in [6.07, 6.45) is 4.62. The van der Waals surface area contributed by atoms with Crippen LogP contribution < -0.4 is 10.5 Å². The minimum Gasteiger partial charge on any atom is -0.383 e. The number of rotatable bonds is 5. The average molecular weight is 382 g/mol. The number of ether oxygens (including phenoxy) is 1. The molecular formula is C19H22N6O3. The Morgan fingerprint density at radius 3 is 2.79 bits per heavy atom. The maximum absolute atomic E-state index is 12.6. The van der Waals surface area contributed by atoms with E-state index in [-0.39, 0.29) is 11.5 Å². The Morgan fingerprint density at radius 1 is 1.25 bits per heavy atom. The van der Waals surface area contributed by atoms with Gasteiger partial charge in [-0.1, -0.05) is 0 Å². The molecule has 2 aromatic heterocycles. The Kier molecular flexibility index (Phi) is 5.07. The normalized spacial score (nSPS) is 14.6. The van der Waals surface area contributed by atoms with E-state index in [1.165, 1.54) is 6.33 Å². The molecule has 0 bridgehead atoms. The van der Waals surface area contributed by atoms with Crippen LogP contribution in [0.2, 0.25) is 0 Å². The monoisotopic (exact) mass is 382 g/mol. The van der Waals surface area contributed by atoms with Gasteiger partial charge >= 0.3 is 0 Å². The maximum atomic E-state index is 12.6. The first kappa shape index (κ1) is 18.2. The molecule has 3 aromatic rings. The van der Waals surface area contributed by atoms with Crippen LogP contribution in [0.1, 0.15) is 10.5 Å². The lowest BCUT2D eigenvalue weighted by molar-refractivity contribution is 0.0741. The molecule has 1 amide bonds. The Hall–Kier alpha value is -3.20. The van der Waals surface area contributed by atoms with Gasteiger partial charge in [0.25, 0.3) is 11.5 Å². The Bertz CT molecular complexity index is 1020. The molecule has 1 aliphatic heterocycles. The highest BCUT2D eigenvalue weighted by molar-refractivity contribution is 5.92. The molecule has 9 nitrogen and oxygen atoms in total. The van der Waals surface area contributed by atoms with Crippen LogP contribution in [0.4, 0.5) is 5.69 Å². The largest absolute Gasteiger partial charge is 0.383 e. The molecule has 3 heterocycles. The summed E-state index contributed by atoms with van der Waals surface area (Å²) in [5.74, 6) is -0.0334. The van der Waals surface area contributed by atoms with Gasteiger partial charge in [-0.3, -0.25) is 14.2 Å². The van der Waals surface area contributed by atoms with Gasteiger partial charge in [0.1, 0.15) is 5.69 Å². The van der Waals surface area contributed by atoms with Crippen molar-refractivity contribution < 1.29 is 9.53 Å². The number of fused-ring (bicyclic) bond motifs is 1. The third-order valence-corrected chi connectivity index (χ3v) is 5.01. The summed E-state index contributed by atoms with van der Waals surface area (Å²) in [4.78, 5) is 40.2. The van der Waals surface area contributed by atoms with E-state index in [9.17, 15) is 9.59 Å². The number of amides is 1. The number of piperazine rings is 1. The number of hydrogen-bond acceptors (Lipinski definition) is 6. The standard InChI is InChI=1S/C19H22N6O3/c1-28-9-8-25-13-22-16-10-14(2-3-15(16)18(25)26)23-4-6-24(7-5-23)19(27)17-11-20-12-21-17/h2-3,10-13H,4-9H2,1H3,(H,20,21). The van der Waals surface area contributed by atoms with Gasteiger partial charge in [-0.15, -0.1) is 0 Å². The fourth-order valence-corrected chi connectivity index (χ4v) is 3.40. The molecular weight excluding hydrogens is 360 g/mol. The van der Waals surface area contributed by atoms with E-state index in [0.29, 0.717) is 42.8 Å². The Labute approximate surface area is 161 Å². The van der Waals surface area contributed by atoms with Gasteiger partial charge in [0.05, 0.1) is 42.9 Å². The Balaban J connectivity index is 1.48. The van der Waals surface area contributed by atoms with E-state index in [4.69, 9.17) is 4.74 Å². The number of carbonyl (C=O) groups is 1. The first-order chi connectivity index (χ1) is 13.7. The van der Waals surface area contributed by atoms with Gasteiger partial charge in [-0.2, -0.15) is 0 Å². The topological polar surface area (TPSA) is 96.3 Å². The zero-order valence-corrected chi connectivity index (χ0v) is 15.7. The third kappa shape index (κ3) is 3.48. The number of imidazole rings is 1. The molecule has 0 atom stereocenters. The van der Waals surface area contributed by atoms with E-state index in [2.05, 4.69) is 19.9 Å². The molecule has 0 aliphatic carbocycles. The van der Waals surface area contributed by atoms with Gasteiger partial charge < -0.3 is 19.5 Å². The number of carbonyl (C=O) groups excluding carboxylic acids is 1. The van der Waals surface area contributed by atoms with Gasteiger partial charge in [0.15, 0.2) is 0 Å². The number of nitrogens with one attached hydrogen (secondary N) is 1. The van der Waals surface area contributed by atoms with Crippen LogP contribution in [0, 0.1) is 0 Å². The predicted molar refractivity (Wildman–Crippen MR) is 105 cm³/mol. The number of methoxy groups -OCH3 is 1. The van der Waals surface area contributed by atoms with Crippen molar-refractivity contribution in [1.82, 2.24) is 24.4 Å². The number of aromatic nitrogens is 4. The zero-order chi connectivity index (χ0) is 19.5. The lowest BCUT2D eigenvalue weighted by Crippen LogP contribution is -2.48. The number of hydrogen-bond donors (Lipinski definition) is 1. The second-order valence-corrected chi connectivity index (χ2v) is 6.68. The summed E-state index contributed by atoms with van der Waals surface area (Å²) >= 11 is 0. The Morgan fingerprint density at radius 2 is 2.07 bits per heavy atom. The lowest BCUT2D eigenvalue weighted by Gasteiger charge is -2.36. The lowest BCUT2D eigenvalue weighted by atomic mass is 10.2. The van der Waals surface area contributed by atoms with Crippen LogP contribution in [0.25, 0.3) is 10.9 Å². The second kappa shape index (κ2) is 7.81. The van der Waals surface area contributed by atoms with E-state index in [0.717, 1.165) is 18.8 Å². The molecule has 28 heavy (non-hydrogen) atoms. The van der Waals surface area contributed by atoms with Gasteiger partial charge in [-0.05, 0) is 18.2 Å². The summed E-state index contributed by atoms with van der Waals surface area (Å²) in [5.41, 5.74) is 2.12. The minimum atomic E-state index is -0.0661. The molecule has 4 rings (SSSR count). The van der Waals surface area contributed by atoms with Crippen LogP contribution in [-0.2, 0) is 11.3 Å². The molecule has 1 aliphatic rings. The van der Waals surface area contributed by atoms with Crippen LogP contribution in [0.15, 0.2) is 41.8 Å². The molecule has 0 radical (unpaired) electrons. The second-order valence-electron chi connectivity index (χ2n) is 6.68. The summed E-state index contributed by atoms with van der Waals surface area (Å²) in [7, 11) is 1.61. The molecule has 9 heteroatoms. The summed E-state index contributed by atoms with van der Waals surface area (Å²) in [5, 5.41) is 0.593. The quantitative estimate of drug-likeness (QED) is 0.699. The molecule has 146 valence electrons. The number of nitrogens with zero attached hydrogens (tertiary/aromatic N) is 5. The van der Waals surface area contributed by atoms with E-state index >= 15 is 0 Å². The maximum Gasteiger partial charge on any atom is 0.272 e. The van der Waals surface area contributed by atoms with Crippen molar-refractivity contribution in [2.75, 3.05) is 44.8 Å². The predicted octanol–water partition coefficient (Wildman–Crippen LogP) is 0.728. The number of H-pyrrole nitrogens is 1. The SMILES string of the molecule is COCCn1cnc2cc(N3CCN(C(=O)c4cnc[nH]4)CC3)ccc2c1=O. The van der Waals surface area contributed by atoms with Crippen LogP contribution in [0.3, 0.4) is 0 Å². The zero-order valence-electron chi connectivity index (χ0n) is 15.7. The van der Waals surface area contributed by atoms with Crippen molar-refractivity contribution in [3.05, 3.63) is 53.1 Å². The fraction of sp³-hybridized carbons (Fsp3) is 0.368. The van der Waals surface area contributed by atoms with E-state index < -0.39 is 0 Å². The van der Waals surface area contributed by atoms with Gasteiger partial charge in [-0.25, -0.2) is 9.97 Å². The van der Waals surface area contributed by atoms with Crippen molar-refractivity contribution in [3.63, 3.8) is 0 Å². The highest BCUT2D eigenvalue weighted by Gasteiger charge is 2.23. The van der Waals surface area contributed by atoms with Crippen LogP contribution in [0.5, 0.6) is 0 Å². The first-order valence-electron chi connectivity index (χ1n) is 9.18. The van der Waals surface area contributed by atoms with E-state index in [1.807, 2.05) is 23.1 Å². The van der Waals surface area contributed by atoms with Crippen molar-refractivity contribution in [3.8, 4) is 0 Å². The van der Waals surface area contributed by atoms with Crippen molar-refractivity contribution >= 4 is 22.5 Å². The highest BCUT2D eigenvalue weighted by Crippen LogP contribution is 2.21. The molecule has 0 saturated carbocycles. The van der Waals surface area contributed by atoms with Gasteiger partial charge in [0, 0.05) is 39.0 Å². The summed E-state index contributed by atoms with van der Waals surface area (Å²) < 4.78 is 6.59. The van der Waals surface area contributed by atoms with Crippen molar-refractivity contribution in [1.29, 1.82) is 0 Å². The number of anilines is 1. The summed E-state index contributed by atoms with van der Waals surface area (Å²) in [6, 6.07) is 5.70. The van der Waals surface area contributed by atoms with Crippen LogP contribution >= 0.6 is 0 Å². The number of aromatic amines is 1.